The molecule has 0 radical (unpaired) electrons. The Kier molecular flexibility index (Phi) is 8.44. The second-order valence-electron chi connectivity index (χ2n) is 6.07. The molecule has 0 heterocycles. The Morgan fingerprint density at radius 3 is 2.38 bits per heavy atom. The molecule has 0 aliphatic rings. The van der Waals surface area contributed by atoms with Crippen molar-refractivity contribution in [1.82, 2.24) is 10.6 Å². The number of carbonyl (C=O) groups is 2. The first-order valence-electron chi connectivity index (χ1n) is 7.36. The van der Waals surface area contributed by atoms with E-state index in [1.807, 2.05) is 19.9 Å². The number of rotatable bonds is 7. The smallest absolute Gasteiger partial charge is 0.408 e. The van der Waals surface area contributed by atoms with E-state index in [-0.39, 0.29) is 11.9 Å². The van der Waals surface area contributed by atoms with Gasteiger partial charge in [0, 0.05) is 12.5 Å². The lowest BCUT2D eigenvalue weighted by Gasteiger charge is -2.24. The minimum absolute atomic E-state index is 0.0383. The van der Waals surface area contributed by atoms with Gasteiger partial charge in [-0.25, -0.2) is 4.79 Å². The van der Waals surface area contributed by atoms with Crippen LogP contribution in [0.15, 0.2) is 0 Å². The first kappa shape index (κ1) is 19.2. The molecule has 2 N–H and O–H groups in total. The van der Waals surface area contributed by atoms with Gasteiger partial charge in [0.1, 0.15) is 11.6 Å². The van der Waals surface area contributed by atoms with Gasteiger partial charge in [0.25, 0.3) is 0 Å². The molecule has 0 rings (SSSR count). The zero-order chi connectivity index (χ0) is 16.5. The van der Waals surface area contributed by atoms with E-state index in [0.29, 0.717) is 19.3 Å². The fraction of sp³-hybridized carbons (Fsp3) is 0.800. The molecule has 0 aromatic rings. The quantitative estimate of drug-likeness (QED) is 0.706. The maximum atomic E-state index is 12.1. The van der Waals surface area contributed by atoms with E-state index in [2.05, 4.69) is 10.6 Å². The Balaban J connectivity index is 4.61. The van der Waals surface area contributed by atoms with Crippen molar-refractivity contribution in [3.05, 3.63) is 0 Å². The highest BCUT2D eigenvalue weighted by Crippen LogP contribution is 2.08. The van der Waals surface area contributed by atoms with Crippen LogP contribution in [0, 0.1) is 11.3 Å². The van der Waals surface area contributed by atoms with Gasteiger partial charge in [-0.1, -0.05) is 6.92 Å². The van der Waals surface area contributed by atoms with Crippen LogP contribution in [0.3, 0.4) is 0 Å². The normalized spacial score (nSPS) is 13.7. The molecule has 2 amide bonds. The largest absolute Gasteiger partial charge is 0.444 e. The van der Waals surface area contributed by atoms with Gasteiger partial charge in [0.15, 0.2) is 0 Å². The third kappa shape index (κ3) is 9.72. The maximum absolute atomic E-state index is 12.1. The van der Waals surface area contributed by atoms with Crippen molar-refractivity contribution in [2.75, 3.05) is 0 Å². The molecule has 6 nitrogen and oxygen atoms in total. The Morgan fingerprint density at radius 1 is 1.29 bits per heavy atom. The number of nitrogens with zero attached hydrogens (tertiary/aromatic N) is 1. The van der Waals surface area contributed by atoms with Crippen LogP contribution in [0.5, 0.6) is 0 Å². The van der Waals surface area contributed by atoms with Crippen LogP contribution >= 0.6 is 0 Å². The number of ether oxygens (including phenoxy) is 1. The molecule has 120 valence electrons. The van der Waals surface area contributed by atoms with E-state index < -0.39 is 17.7 Å². The van der Waals surface area contributed by atoms with Crippen molar-refractivity contribution in [1.29, 1.82) is 5.26 Å². The monoisotopic (exact) mass is 297 g/mol. The van der Waals surface area contributed by atoms with Crippen molar-refractivity contribution >= 4 is 12.0 Å². The predicted molar refractivity (Wildman–Crippen MR) is 80.5 cm³/mol. The summed E-state index contributed by atoms with van der Waals surface area (Å²) in [6.45, 7) is 9.15. The lowest BCUT2D eigenvalue weighted by Crippen LogP contribution is -2.50. The number of unbranched alkanes of at least 4 members (excludes halogenated alkanes) is 1. The van der Waals surface area contributed by atoms with Crippen molar-refractivity contribution in [3.8, 4) is 6.07 Å². The molecule has 0 saturated heterocycles. The van der Waals surface area contributed by atoms with Crippen LogP contribution in [0.2, 0.25) is 0 Å². The minimum Gasteiger partial charge on any atom is -0.444 e. The lowest BCUT2D eigenvalue weighted by molar-refractivity contribution is -0.124. The summed E-state index contributed by atoms with van der Waals surface area (Å²) in [5.74, 6) is -0.242. The average Bonchev–Trinajstić information content (AvgIpc) is 2.35. The first-order chi connectivity index (χ1) is 9.69. The molecule has 0 saturated carbocycles. The van der Waals surface area contributed by atoms with Crippen molar-refractivity contribution in [2.24, 2.45) is 0 Å². The Morgan fingerprint density at radius 2 is 1.90 bits per heavy atom. The highest BCUT2D eigenvalue weighted by molar-refractivity contribution is 5.85. The van der Waals surface area contributed by atoms with Gasteiger partial charge < -0.3 is 15.4 Å². The minimum atomic E-state index is -0.679. The SMILES string of the molecule is CC[C@H](C)NC(=O)[C@@H](CCCC#N)NC(=O)OC(C)(C)C. The van der Waals surface area contributed by atoms with Crippen molar-refractivity contribution < 1.29 is 14.3 Å². The molecule has 0 unspecified atom stereocenters. The Labute approximate surface area is 127 Å². The molecule has 2 atom stereocenters. The topological polar surface area (TPSA) is 91.2 Å². The Bertz CT molecular complexity index is 383. The van der Waals surface area contributed by atoms with E-state index in [0.717, 1.165) is 6.42 Å². The van der Waals surface area contributed by atoms with Crippen molar-refractivity contribution in [3.63, 3.8) is 0 Å². The summed E-state index contributed by atoms with van der Waals surface area (Å²) in [5, 5.41) is 14.0. The zero-order valence-electron chi connectivity index (χ0n) is 13.7. The summed E-state index contributed by atoms with van der Waals surface area (Å²) < 4.78 is 5.16. The number of hydrogen-bond acceptors (Lipinski definition) is 4. The van der Waals surface area contributed by atoms with E-state index in [9.17, 15) is 9.59 Å². The second-order valence-corrected chi connectivity index (χ2v) is 6.07. The van der Waals surface area contributed by atoms with Gasteiger partial charge in [-0.15, -0.1) is 0 Å². The number of nitrogens with one attached hydrogen (secondary N) is 2. The summed E-state index contributed by atoms with van der Waals surface area (Å²) in [7, 11) is 0. The van der Waals surface area contributed by atoms with E-state index in [1.165, 1.54) is 0 Å². The molecule has 0 aromatic heterocycles. The van der Waals surface area contributed by atoms with Crippen LogP contribution in [0.1, 0.15) is 60.3 Å². The number of alkyl carbamates (subject to hydrolysis) is 1. The molecule has 0 aliphatic carbocycles. The lowest BCUT2D eigenvalue weighted by atomic mass is 10.1. The Hall–Kier alpha value is -1.77. The molecular weight excluding hydrogens is 270 g/mol. The van der Waals surface area contributed by atoms with Gasteiger partial charge in [-0.05, 0) is 47.0 Å². The molecule has 6 heteroatoms. The number of nitriles is 1. The van der Waals surface area contributed by atoms with Gasteiger partial charge in [0.05, 0.1) is 6.07 Å². The molecule has 0 fully saturated rings. The fourth-order valence-corrected chi connectivity index (χ4v) is 1.55. The average molecular weight is 297 g/mol. The van der Waals surface area contributed by atoms with Crippen LogP contribution in [-0.2, 0) is 9.53 Å². The van der Waals surface area contributed by atoms with Gasteiger partial charge in [0.2, 0.25) is 5.91 Å². The molecule has 0 bridgehead atoms. The third-order valence-electron chi connectivity index (χ3n) is 2.79. The number of hydrogen-bond donors (Lipinski definition) is 2. The molecule has 0 spiro atoms. The molecule has 0 aliphatic heterocycles. The van der Waals surface area contributed by atoms with Gasteiger partial charge in [-0.2, -0.15) is 5.26 Å². The van der Waals surface area contributed by atoms with E-state index in [1.54, 1.807) is 20.8 Å². The maximum Gasteiger partial charge on any atom is 0.408 e. The molecular formula is C15H27N3O3. The zero-order valence-corrected chi connectivity index (χ0v) is 13.7. The first-order valence-corrected chi connectivity index (χ1v) is 7.36. The number of amides is 2. The standard InChI is InChI=1S/C15H27N3O3/c1-6-11(2)17-13(19)12(9-7-8-10-16)18-14(20)21-15(3,4)5/h11-12H,6-9H2,1-5H3,(H,17,19)(H,18,20)/t11-,12+/m0/s1. The summed E-state index contributed by atoms with van der Waals surface area (Å²) in [4.78, 5) is 23.9. The third-order valence-corrected chi connectivity index (χ3v) is 2.79. The fourth-order valence-electron chi connectivity index (χ4n) is 1.55. The van der Waals surface area contributed by atoms with E-state index >= 15 is 0 Å². The second kappa shape index (κ2) is 9.22. The summed E-state index contributed by atoms with van der Waals surface area (Å²) in [6, 6.07) is 1.39. The van der Waals surface area contributed by atoms with Crippen LogP contribution < -0.4 is 10.6 Å². The summed E-state index contributed by atoms with van der Waals surface area (Å²) in [6.07, 6.45) is 1.50. The number of carbonyl (C=O) groups excluding carboxylic acids is 2. The van der Waals surface area contributed by atoms with Crippen LogP contribution in [-0.4, -0.2) is 29.7 Å². The highest BCUT2D eigenvalue weighted by Gasteiger charge is 2.24. The summed E-state index contributed by atoms with van der Waals surface area (Å²) in [5.41, 5.74) is -0.617. The van der Waals surface area contributed by atoms with Crippen LogP contribution in [0.25, 0.3) is 0 Å². The highest BCUT2D eigenvalue weighted by atomic mass is 16.6. The van der Waals surface area contributed by atoms with Crippen LogP contribution in [0.4, 0.5) is 4.79 Å². The van der Waals surface area contributed by atoms with E-state index in [4.69, 9.17) is 10.00 Å². The predicted octanol–water partition coefficient (Wildman–Crippen LogP) is 2.49. The molecule has 21 heavy (non-hydrogen) atoms. The van der Waals surface area contributed by atoms with Gasteiger partial charge >= 0.3 is 6.09 Å². The summed E-state index contributed by atoms with van der Waals surface area (Å²) >= 11 is 0. The van der Waals surface area contributed by atoms with Gasteiger partial charge in [-0.3, -0.25) is 4.79 Å². The van der Waals surface area contributed by atoms with Crippen molar-refractivity contribution in [2.45, 2.75) is 78.0 Å². The molecule has 0 aromatic carbocycles.